The van der Waals surface area contributed by atoms with E-state index in [1.807, 2.05) is 6.26 Å². The minimum absolute atomic E-state index is 0.0749. The predicted octanol–water partition coefficient (Wildman–Crippen LogP) is 2.51. The van der Waals surface area contributed by atoms with E-state index in [0.29, 0.717) is 40.0 Å². The van der Waals surface area contributed by atoms with Crippen molar-refractivity contribution in [2.75, 3.05) is 36.6 Å². The minimum atomic E-state index is -4.18. The molecule has 1 aliphatic heterocycles. The maximum atomic E-state index is 13.1. The normalized spacial score (nSPS) is 14.8. The summed E-state index contributed by atoms with van der Waals surface area (Å²) in [5.74, 6) is -0.841. The Labute approximate surface area is 211 Å². The highest BCUT2D eigenvalue weighted by molar-refractivity contribution is 7.98. The lowest BCUT2D eigenvalue weighted by atomic mass is 10.3. The Morgan fingerprint density at radius 2 is 2.09 bits per heavy atom. The monoisotopic (exact) mass is 545 g/mol. The lowest BCUT2D eigenvalue weighted by Crippen LogP contribution is -2.49. The largest absolute Gasteiger partial charge is 0.464 e. The number of anilines is 1. The summed E-state index contributed by atoms with van der Waals surface area (Å²) in [6.07, 6.45) is 2.96. The van der Waals surface area contributed by atoms with Crippen LogP contribution in [-0.4, -0.2) is 63.9 Å². The number of carbonyl (C=O) groups is 3. The van der Waals surface area contributed by atoms with E-state index in [1.165, 1.54) is 40.9 Å². The molecule has 1 aromatic heterocycles. The highest BCUT2D eigenvalue weighted by Gasteiger charge is 2.29. The Morgan fingerprint density at radius 1 is 1.29 bits per heavy atom. The van der Waals surface area contributed by atoms with Gasteiger partial charge in [0, 0.05) is 31.0 Å². The molecule has 34 heavy (non-hydrogen) atoms. The zero-order valence-corrected chi connectivity index (χ0v) is 21.5. The molecule has 0 spiro atoms. The van der Waals surface area contributed by atoms with E-state index in [-0.39, 0.29) is 24.0 Å². The summed E-state index contributed by atoms with van der Waals surface area (Å²) >= 11 is 8.39. The Bertz CT molecular complexity index is 1150. The summed E-state index contributed by atoms with van der Waals surface area (Å²) in [5, 5.41) is 2.55. The zero-order valence-electron chi connectivity index (χ0n) is 18.3. The Balaban J connectivity index is 1.76. The van der Waals surface area contributed by atoms with Crippen LogP contribution >= 0.6 is 34.7 Å². The fourth-order valence-corrected chi connectivity index (χ4v) is 5.65. The second-order valence-corrected chi connectivity index (χ2v) is 11.7. The van der Waals surface area contributed by atoms with Crippen molar-refractivity contribution in [3.05, 3.63) is 45.6 Å². The van der Waals surface area contributed by atoms with E-state index in [2.05, 4.69) is 10.0 Å². The molecule has 0 bridgehead atoms. The number of thioether (sulfide) groups is 1. The number of nitrogens with zero attached hydrogens (tertiary/aromatic N) is 1. The first kappa shape index (κ1) is 26.5. The van der Waals surface area contributed by atoms with Crippen molar-refractivity contribution in [1.29, 1.82) is 0 Å². The Hall–Kier alpha value is -2.12. The molecule has 0 radical (unpaired) electrons. The number of esters is 1. The SMILES string of the molecule is CSCCOC(=O)[C@H](CNC(=O)c1ccc(Cl)s1)NS(=O)(=O)c1cccc(N2CCCC2=O)c1. The quantitative estimate of drug-likeness (QED) is 0.328. The molecule has 184 valence electrons. The minimum Gasteiger partial charge on any atom is -0.464 e. The molecule has 0 unspecified atom stereocenters. The number of carbonyl (C=O) groups excluding carboxylic acids is 3. The van der Waals surface area contributed by atoms with E-state index < -0.39 is 27.9 Å². The van der Waals surface area contributed by atoms with Crippen LogP contribution in [0, 0.1) is 0 Å². The van der Waals surface area contributed by atoms with Crippen molar-refractivity contribution in [3.63, 3.8) is 0 Å². The first-order valence-corrected chi connectivity index (χ1v) is 14.4. The smallest absolute Gasteiger partial charge is 0.326 e. The van der Waals surface area contributed by atoms with Crippen LogP contribution in [-0.2, 0) is 24.3 Å². The van der Waals surface area contributed by atoms with Gasteiger partial charge in [-0.1, -0.05) is 17.7 Å². The van der Waals surface area contributed by atoms with Gasteiger partial charge < -0.3 is 15.0 Å². The van der Waals surface area contributed by atoms with E-state index in [9.17, 15) is 22.8 Å². The summed E-state index contributed by atoms with van der Waals surface area (Å²) < 4.78 is 34.1. The van der Waals surface area contributed by atoms with Gasteiger partial charge in [-0.15, -0.1) is 11.3 Å². The molecule has 0 saturated carbocycles. The van der Waals surface area contributed by atoms with Crippen LogP contribution in [0.1, 0.15) is 22.5 Å². The number of hydrogen-bond acceptors (Lipinski definition) is 8. The summed E-state index contributed by atoms with van der Waals surface area (Å²) in [5.41, 5.74) is 0.465. The van der Waals surface area contributed by atoms with Crippen molar-refractivity contribution in [1.82, 2.24) is 10.0 Å². The van der Waals surface area contributed by atoms with Crippen LogP contribution in [0.2, 0.25) is 4.34 Å². The molecular weight excluding hydrogens is 522 g/mol. The van der Waals surface area contributed by atoms with Gasteiger partial charge in [0.05, 0.1) is 14.1 Å². The predicted molar refractivity (Wildman–Crippen MR) is 133 cm³/mol. The molecule has 1 aromatic carbocycles. The van der Waals surface area contributed by atoms with Crippen molar-refractivity contribution in [3.8, 4) is 0 Å². The molecular formula is C21H24ClN3O6S3. The van der Waals surface area contributed by atoms with Gasteiger partial charge in [-0.05, 0) is 43.0 Å². The highest BCUT2D eigenvalue weighted by atomic mass is 35.5. The van der Waals surface area contributed by atoms with Gasteiger partial charge in [-0.3, -0.25) is 14.4 Å². The standard InChI is InChI=1S/C21H24ClN3O6S3/c1-32-11-10-31-21(28)16(13-23-20(27)17-7-8-18(22)33-17)24-34(29,30)15-5-2-4-14(12-15)25-9-3-6-19(25)26/h2,4-5,7-8,12,16,24H,3,6,9-11,13H2,1H3,(H,23,27)/t16-/m0/s1. The molecule has 0 aliphatic carbocycles. The molecule has 1 aliphatic rings. The number of amides is 2. The van der Waals surface area contributed by atoms with Crippen LogP contribution in [0.15, 0.2) is 41.3 Å². The molecule has 2 heterocycles. The second kappa shape index (κ2) is 12.0. The molecule has 3 rings (SSSR count). The molecule has 2 N–H and O–H groups in total. The number of sulfonamides is 1. The topological polar surface area (TPSA) is 122 Å². The van der Waals surface area contributed by atoms with Crippen molar-refractivity contribution >= 4 is 68.2 Å². The first-order valence-electron chi connectivity index (χ1n) is 10.3. The van der Waals surface area contributed by atoms with Gasteiger partial charge >= 0.3 is 5.97 Å². The van der Waals surface area contributed by atoms with Crippen LogP contribution in [0.25, 0.3) is 0 Å². The van der Waals surface area contributed by atoms with Gasteiger partial charge in [-0.25, -0.2) is 8.42 Å². The van der Waals surface area contributed by atoms with Crippen LogP contribution in [0.4, 0.5) is 5.69 Å². The third-order valence-corrected chi connectivity index (χ3v) is 8.16. The van der Waals surface area contributed by atoms with E-state index >= 15 is 0 Å². The van der Waals surface area contributed by atoms with E-state index in [0.717, 1.165) is 11.3 Å². The van der Waals surface area contributed by atoms with Crippen LogP contribution < -0.4 is 14.9 Å². The summed E-state index contributed by atoms with van der Waals surface area (Å²) in [6, 6.07) is 7.68. The molecule has 2 aromatic rings. The third-order valence-electron chi connectivity index (χ3n) is 4.89. The lowest BCUT2D eigenvalue weighted by molar-refractivity contribution is -0.144. The number of hydrogen-bond donors (Lipinski definition) is 2. The molecule has 1 fully saturated rings. The lowest BCUT2D eigenvalue weighted by Gasteiger charge is -2.20. The molecule has 2 amide bonds. The summed E-state index contributed by atoms with van der Waals surface area (Å²) in [6.45, 7) is 0.286. The van der Waals surface area contributed by atoms with E-state index in [4.69, 9.17) is 16.3 Å². The number of halogens is 1. The molecule has 9 nitrogen and oxygen atoms in total. The fraction of sp³-hybridized carbons (Fsp3) is 0.381. The van der Waals surface area contributed by atoms with E-state index in [1.54, 1.807) is 12.1 Å². The molecule has 1 atom stereocenters. The average Bonchev–Trinajstić information content (AvgIpc) is 3.44. The number of thiophene rings is 1. The van der Waals surface area contributed by atoms with Crippen molar-refractivity contribution in [2.45, 2.75) is 23.8 Å². The maximum Gasteiger partial charge on any atom is 0.326 e. The molecule has 1 saturated heterocycles. The van der Waals surface area contributed by atoms with Crippen molar-refractivity contribution in [2.24, 2.45) is 0 Å². The fourth-order valence-electron chi connectivity index (χ4n) is 3.21. The number of benzene rings is 1. The van der Waals surface area contributed by atoms with Gasteiger partial charge in [0.15, 0.2) is 0 Å². The van der Waals surface area contributed by atoms with Gasteiger partial charge in [-0.2, -0.15) is 16.5 Å². The first-order chi connectivity index (χ1) is 16.2. The highest BCUT2D eigenvalue weighted by Crippen LogP contribution is 2.24. The van der Waals surface area contributed by atoms with Gasteiger partial charge in [0.2, 0.25) is 15.9 Å². The van der Waals surface area contributed by atoms with Gasteiger partial charge in [0.1, 0.15) is 12.6 Å². The number of ether oxygens (including phenoxy) is 1. The van der Waals surface area contributed by atoms with Crippen LogP contribution in [0.3, 0.4) is 0 Å². The van der Waals surface area contributed by atoms with Crippen LogP contribution in [0.5, 0.6) is 0 Å². The Kier molecular flexibility index (Phi) is 9.37. The Morgan fingerprint density at radius 3 is 2.74 bits per heavy atom. The average molecular weight is 546 g/mol. The number of rotatable bonds is 11. The zero-order chi connectivity index (χ0) is 24.7. The summed E-state index contributed by atoms with van der Waals surface area (Å²) in [7, 11) is -4.18. The van der Waals surface area contributed by atoms with Crippen molar-refractivity contribution < 1.29 is 27.5 Å². The second-order valence-electron chi connectivity index (χ2n) is 7.29. The number of nitrogens with one attached hydrogen (secondary N) is 2. The maximum absolute atomic E-state index is 13.1. The van der Waals surface area contributed by atoms with Gasteiger partial charge in [0.25, 0.3) is 5.91 Å². The third kappa shape index (κ3) is 6.95. The molecule has 13 heteroatoms. The summed E-state index contributed by atoms with van der Waals surface area (Å²) in [4.78, 5) is 38.8.